The maximum atomic E-state index is 12.6. The van der Waals surface area contributed by atoms with Gasteiger partial charge in [-0.05, 0) is 37.3 Å². The number of benzene rings is 2. The Kier molecular flexibility index (Phi) is 4.04. The molecule has 0 aliphatic heterocycles. The summed E-state index contributed by atoms with van der Waals surface area (Å²) in [4.78, 5) is 29.2. The summed E-state index contributed by atoms with van der Waals surface area (Å²) in [6.07, 6.45) is 0. The molecule has 2 heterocycles. The average molecular weight is 360 g/mol. The van der Waals surface area contributed by atoms with Gasteiger partial charge in [0.25, 0.3) is 5.91 Å². The van der Waals surface area contributed by atoms with E-state index in [0.29, 0.717) is 28.4 Å². The van der Waals surface area contributed by atoms with Crippen molar-refractivity contribution in [2.75, 3.05) is 5.32 Å². The number of anilines is 1. The van der Waals surface area contributed by atoms with Crippen LogP contribution in [0.4, 0.5) is 5.69 Å². The van der Waals surface area contributed by atoms with Gasteiger partial charge < -0.3 is 9.73 Å². The highest BCUT2D eigenvalue weighted by Crippen LogP contribution is 2.20. The van der Waals surface area contributed by atoms with Crippen molar-refractivity contribution >= 4 is 22.7 Å². The summed E-state index contributed by atoms with van der Waals surface area (Å²) in [6, 6.07) is 15.8. The third-order valence-corrected chi connectivity index (χ3v) is 4.08. The van der Waals surface area contributed by atoms with E-state index in [1.54, 1.807) is 36.7 Å². The standard InChI is InChI=1S/C20H16N4O3/c1-12-10-17(25)19(23-24(12)15-6-4-3-5-7-15)20(26)22-14-8-9-18-16(11-14)21-13(2)27-18/h3-11H,1-2H3,(H,22,26). The summed E-state index contributed by atoms with van der Waals surface area (Å²) in [5, 5.41) is 6.96. The lowest BCUT2D eigenvalue weighted by atomic mass is 10.2. The van der Waals surface area contributed by atoms with Crippen molar-refractivity contribution in [3.63, 3.8) is 0 Å². The number of para-hydroxylation sites is 1. The quantitative estimate of drug-likeness (QED) is 0.606. The minimum atomic E-state index is -0.579. The lowest BCUT2D eigenvalue weighted by Gasteiger charge is -2.11. The Morgan fingerprint density at radius 1 is 1.07 bits per heavy atom. The maximum Gasteiger partial charge on any atom is 0.280 e. The van der Waals surface area contributed by atoms with E-state index in [-0.39, 0.29) is 5.69 Å². The number of amides is 1. The van der Waals surface area contributed by atoms with Gasteiger partial charge in [-0.2, -0.15) is 5.10 Å². The van der Waals surface area contributed by atoms with Gasteiger partial charge in [-0.15, -0.1) is 0 Å². The molecule has 0 bridgehead atoms. The smallest absolute Gasteiger partial charge is 0.280 e. The van der Waals surface area contributed by atoms with Crippen LogP contribution in [0.5, 0.6) is 0 Å². The van der Waals surface area contributed by atoms with Gasteiger partial charge in [0, 0.05) is 24.4 Å². The van der Waals surface area contributed by atoms with Crippen LogP contribution in [0.2, 0.25) is 0 Å². The Labute approximate surface area is 154 Å². The molecule has 0 aliphatic carbocycles. The van der Waals surface area contributed by atoms with Gasteiger partial charge >= 0.3 is 0 Å². The van der Waals surface area contributed by atoms with E-state index < -0.39 is 11.3 Å². The van der Waals surface area contributed by atoms with Gasteiger partial charge in [-0.3, -0.25) is 9.59 Å². The zero-order valence-electron chi connectivity index (χ0n) is 14.8. The number of aromatic nitrogens is 3. The number of rotatable bonds is 3. The molecule has 0 radical (unpaired) electrons. The number of nitrogens with zero attached hydrogens (tertiary/aromatic N) is 3. The second-order valence-corrected chi connectivity index (χ2v) is 6.12. The number of nitrogens with one attached hydrogen (secondary N) is 1. The zero-order valence-corrected chi connectivity index (χ0v) is 14.8. The molecule has 0 saturated heterocycles. The summed E-state index contributed by atoms with van der Waals surface area (Å²) in [7, 11) is 0. The largest absolute Gasteiger partial charge is 0.441 e. The molecule has 2 aromatic heterocycles. The zero-order chi connectivity index (χ0) is 19.0. The fourth-order valence-corrected chi connectivity index (χ4v) is 2.85. The van der Waals surface area contributed by atoms with Crippen molar-refractivity contribution in [1.29, 1.82) is 0 Å². The Hall–Kier alpha value is -3.74. The minimum Gasteiger partial charge on any atom is -0.441 e. The second-order valence-electron chi connectivity index (χ2n) is 6.12. The van der Waals surface area contributed by atoms with Crippen molar-refractivity contribution < 1.29 is 9.21 Å². The molecule has 0 saturated carbocycles. The molecule has 27 heavy (non-hydrogen) atoms. The molecule has 2 aromatic carbocycles. The minimum absolute atomic E-state index is 0.180. The van der Waals surface area contributed by atoms with Crippen molar-refractivity contribution in [1.82, 2.24) is 14.8 Å². The number of oxazole rings is 1. The highest BCUT2D eigenvalue weighted by molar-refractivity contribution is 6.03. The van der Waals surface area contributed by atoms with Crippen LogP contribution in [0, 0.1) is 13.8 Å². The van der Waals surface area contributed by atoms with Gasteiger partial charge in [0.2, 0.25) is 5.43 Å². The SMILES string of the molecule is Cc1nc2cc(NC(=O)c3nn(-c4ccccc4)c(C)cc3=O)ccc2o1. The maximum absolute atomic E-state index is 12.6. The van der Waals surface area contributed by atoms with Gasteiger partial charge in [0.1, 0.15) is 5.52 Å². The number of fused-ring (bicyclic) bond motifs is 1. The molecule has 7 heteroatoms. The summed E-state index contributed by atoms with van der Waals surface area (Å²) in [5.74, 6) is -0.0383. The van der Waals surface area contributed by atoms with Crippen LogP contribution in [-0.2, 0) is 0 Å². The lowest BCUT2D eigenvalue weighted by Crippen LogP contribution is -2.26. The Morgan fingerprint density at radius 3 is 2.63 bits per heavy atom. The third kappa shape index (κ3) is 3.22. The Bertz CT molecular complexity index is 1210. The molecular formula is C20H16N4O3. The van der Waals surface area contributed by atoms with Gasteiger partial charge in [-0.25, -0.2) is 9.67 Å². The first-order chi connectivity index (χ1) is 13.0. The average Bonchev–Trinajstić information content (AvgIpc) is 3.01. The Balaban J connectivity index is 1.69. The predicted octanol–water partition coefficient (Wildman–Crippen LogP) is 3.24. The van der Waals surface area contributed by atoms with Crippen LogP contribution >= 0.6 is 0 Å². The van der Waals surface area contributed by atoms with Gasteiger partial charge in [-0.1, -0.05) is 18.2 Å². The summed E-state index contributed by atoms with van der Waals surface area (Å²) in [5.41, 5.74) is 2.56. The fourth-order valence-electron chi connectivity index (χ4n) is 2.85. The predicted molar refractivity (Wildman–Crippen MR) is 101 cm³/mol. The van der Waals surface area contributed by atoms with Crippen LogP contribution in [0.1, 0.15) is 22.1 Å². The topological polar surface area (TPSA) is 90.0 Å². The van der Waals surface area contributed by atoms with Crippen LogP contribution < -0.4 is 10.7 Å². The van der Waals surface area contributed by atoms with Crippen LogP contribution in [0.25, 0.3) is 16.8 Å². The number of carbonyl (C=O) groups is 1. The van der Waals surface area contributed by atoms with E-state index in [4.69, 9.17) is 4.42 Å². The summed E-state index contributed by atoms with van der Waals surface area (Å²) in [6.45, 7) is 3.52. The second kappa shape index (κ2) is 6.53. The van der Waals surface area contributed by atoms with Gasteiger partial charge in [0.05, 0.1) is 5.69 Å². The molecule has 0 unspecified atom stereocenters. The van der Waals surface area contributed by atoms with E-state index >= 15 is 0 Å². The molecule has 1 N–H and O–H groups in total. The van der Waals surface area contributed by atoms with Crippen molar-refractivity contribution in [3.8, 4) is 5.69 Å². The van der Waals surface area contributed by atoms with Crippen LogP contribution in [-0.4, -0.2) is 20.7 Å². The molecular weight excluding hydrogens is 344 g/mol. The molecule has 0 fully saturated rings. The first kappa shape index (κ1) is 16.7. The molecule has 7 nitrogen and oxygen atoms in total. The first-order valence-electron chi connectivity index (χ1n) is 8.36. The van der Waals surface area contributed by atoms with E-state index in [1.165, 1.54) is 6.07 Å². The molecule has 4 aromatic rings. The third-order valence-electron chi connectivity index (χ3n) is 4.08. The summed E-state index contributed by atoms with van der Waals surface area (Å²) < 4.78 is 6.99. The van der Waals surface area contributed by atoms with E-state index in [0.717, 1.165) is 5.69 Å². The van der Waals surface area contributed by atoms with Crippen molar-refractivity contribution in [2.24, 2.45) is 0 Å². The molecule has 4 rings (SSSR count). The number of aryl methyl sites for hydroxylation is 2. The van der Waals surface area contributed by atoms with E-state index in [9.17, 15) is 9.59 Å². The lowest BCUT2D eigenvalue weighted by molar-refractivity contribution is 0.101. The molecule has 134 valence electrons. The Morgan fingerprint density at radius 2 is 1.85 bits per heavy atom. The number of hydrogen-bond acceptors (Lipinski definition) is 5. The first-order valence-corrected chi connectivity index (χ1v) is 8.36. The van der Waals surface area contributed by atoms with E-state index in [1.807, 2.05) is 30.3 Å². The number of hydrogen-bond donors (Lipinski definition) is 1. The molecule has 1 amide bonds. The van der Waals surface area contributed by atoms with Crippen molar-refractivity contribution in [3.05, 3.63) is 82.1 Å². The van der Waals surface area contributed by atoms with Crippen molar-refractivity contribution in [2.45, 2.75) is 13.8 Å². The fraction of sp³-hybridized carbons (Fsp3) is 0.100. The molecule has 0 spiro atoms. The van der Waals surface area contributed by atoms with Crippen LogP contribution in [0.3, 0.4) is 0 Å². The monoisotopic (exact) mass is 360 g/mol. The van der Waals surface area contributed by atoms with Gasteiger partial charge in [0.15, 0.2) is 17.2 Å². The molecule has 0 aliphatic rings. The normalized spacial score (nSPS) is 10.9. The summed E-state index contributed by atoms with van der Waals surface area (Å²) >= 11 is 0. The van der Waals surface area contributed by atoms with Crippen LogP contribution in [0.15, 0.2) is 63.8 Å². The highest BCUT2D eigenvalue weighted by Gasteiger charge is 2.16. The highest BCUT2D eigenvalue weighted by atomic mass is 16.3. The number of carbonyl (C=O) groups excluding carboxylic acids is 1. The van der Waals surface area contributed by atoms with E-state index in [2.05, 4.69) is 15.4 Å². The molecule has 0 atom stereocenters.